The summed E-state index contributed by atoms with van der Waals surface area (Å²) in [7, 11) is 0. The number of nitrogens with zero attached hydrogens (tertiary/aromatic N) is 1. The summed E-state index contributed by atoms with van der Waals surface area (Å²) >= 11 is 0. The van der Waals surface area contributed by atoms with E-state index in [-0.39, 0.29) is 89.8 Å². The van der Waals surface area contributed by atoms with Crippen molar-refractivity contribution >= 4 is 124 Å². The van der Waals surface area contributed by atoms with E-state index in [9.17, 15) is 107 Å². The first-order valence-corrected chi connectivity index (χ1v) is 44.9. The van der Waals surface area contributed by atoms with Gasteiger partial charge in [-0.2, -0.15) is 0 Å². The monoisotopic (exact) mass is 1880 g/mol. The van der Waals surface area contributed by atoms with Crippen molar-refractivity contribution < 1.29 is 117 Å². The molecule has 0 radical (unpaired) electrons. The smallest absolute Gasteiger partial charge is 0.326 e. The first kappa shape index (κ1) is 117. The molecule has 31 N–H and O–H groups in total. The van der Waals surface area contributed by atoms with Gasteiger partial charge in [0.15, 0.2) is 11.9 Å². The number of amides is 16. The molecule has 1 aliphatic heterocycles. The number of hydrogen-bond acceptors (Lipinski definition) is 24. The van der Waals surface area contributed by atoms with Gasteiger partial charge in [0.25, 0.3) is 0 Å². The Morgan fingerprint density at radius 1 is 0.406 bits per heavy atom. The number of aliphatic hydroxyl groups excluding tert-OH is 2. The molecule has 47 heteroatoms. The normalized spacial score (nSPS) is 16.6. The van der Waals surface area contributed by atoms with Crippen LogP contribution in [0.15, 0.2) is 30.3 Å². The third kappa shape index (κ3) is 41.5. The van der Waals surface area contributed by atoms with Crippen LogP contribution >= 0.6 is 0 Å². The van der Waals surface area contributed by atoms with Crippen molar-refractivity contribution in [2.75, 3.05) is 19.6 Å². The Morgan fingerprint density at radius 2 is 0.752 bits per heavy atom. The lowest BCUT2D eigenvalue weighted by atomic mass is 9.95. The summed E-state index contributed by atoms with van der Waals surface area (Å²) in [4.78, 5) is 265. The summed E-state index contributed by atoms with van der Waals surface area (Å²) in [6, 6.07) is -16.6. The molecule has 16 amide bonds. The maximum atomic E-state index is 15.1. The number of carbonyl (C=O) groups excluding carboxylic acids is 16. The van der Waals surface area contributed by atoms with Gasteiger partial charge in [0, 0.05) is 38.9 Å². The van der Waals surface area contributed by atoms with Crippen molar-refractivity contribution in [3.63, 3.8) is 0 Å². The van der Waals surface area contributed by atoms with Crippen LogP contribution in [0.1, 0.15) is 206 Å². The van der Waals surface area contributed by atoms with Crippen molar-refractivity contribution in [2.24, 2.45) is 64.4 Å². The Morgan fingerprint density at radius 3 is 1.17 bits per heavy atom. The summed E-state index contributed by atoms with van der Waals surface area (Å²) in [6.07, 6.45) is -6.55. The largest absolute Gasteiger partial charge is 0.481 e. The molecule has 0 aromatic heterocycles. The van der Waals surface area contributed by atoms with E-state index in [0.717, 1.165) is 11.8 Å². The minimum Gasteiger partial charge on any atom is -0.481 e. The number of carbonyl (C=O) groups is 19. The Labute approximate surface area is 774 Å². The zero-order valence-electron chi connectivity index (χ0n) is 78.8. The predicted octanol–water partition coefficient (Wildman–Crippen LogP) is -4.93. The van der Waals surface area contributed by atoms with Gasteiger partial charge in [-0.25, -0.2) is 4.79 Å². The molecule has 748 valence electrons. The van der Waals surface area contributed by atoms with Gasteiger partial charge in [-0.3, -0.25) is 97.1 Å². The van der Waals surface area contributed by atoms with Crippen LogP contribution in [0.25, 0.3) is 0 Å². The highest BCUT2D eigenvalue weighted by molar-refractivity contribution is 6.02. The number of hydrogen-bond donors (Lipinski definition) is 27. The number of guanidine groups is 2. The Balaban J connectivity index is 2.63. The Bertz CT molecular complexity index is 4150. The molecule has 1 aliphatic rings. The molecule has 133 heavy (non-hydrogen) atoms. The fourth-order valence-electron chi connectivity index (χ4n) is 14.1. The van der Waals surface area contributed by atoms with Crippen molar-refractivity contribution in [3.05, 3.63) is 35.9 Å². The van der Waals surface area contributed by atoms with E-state index in [0.29, 0.717) is 12.0 Å². The zero-order chi connectivity index (χ0) is 101. The average molecular weight is 1890 g/mol. The topological polar surface area (TPSA) is 773 Å². The molecule has 1 heterocycles. The maximum absolute atomic E-state index is 15.1. The summed E-state index contributed by atoms with van der Waals surface area (Å²) in [5, 5.41) is 107. The number of carboxylic acids is 3. The van der Waals surface area contributed by atoms with E-state index in [2.05, 4.69) is 85.1 Å². The van der Waals surface area contributed by atoms with E-state index < -0.39 is 294 Å². The van der Waals surface area contributed by atoms with Crippen LogP contribution in [-0.2, 0) is 97.5 Å². The minimum absolute atomic E-state index is 0.00330. The molecule has 0 spiro atoms. The fourth-order valence-corrected chi connectivity index (χ4v) is 14.1. The van der Waals surface area contributed by atoms with Crippen LogP contribution in [0.5, 0.6) is 0 Å². The van der Waals surface area contributed by atoms with Crippen LogP contribution in [0.4, 0.5) is 0 Å². The first-order chi connectivity index (χ1) is 62.0. The minimum atomic E-state index is -2.02. The number of aliphatic carboxylic acids is 3. The second-order valence-electron chi connectivity index (χ2n) is 35.8. The summed E-state index contributed by atoms with van der Waals surface area (Å²) in [5.41, 5.74) is 22.7. The number of nitrogens with two attached hydrogens (primary N) is 4. The van der Waals surface area contributed by atoms with E-state index in [1.54, 1.807) is 85.7 Å². The number of nitrogens with one attached hydrogen (secondary N) is 18. The maximum Gasteiger partial charge on any atom is 0.326 e. The third-order valence-electron chi connectivity index (χ3n) is 21.9. The van der Waals surface area contributed by atoms with Gasteiger partial charge in [0.2, 0.25) is 94.5 Å². The highest BCUT2D eigenvalue weighted by atomic mass is 16.4. The van der Waals surface area contributed by atoms with Crippen LogP contribution in [-0.4, -0.2) is 283 Å². The highest BCUT2D eigenvalue weighted by Crippen LogP contribution is 2.22. The highest BCUT2D eigenvalue weighted by Gasteiger charge is 2.44. The molecule has 0 aliphatic carbocycles. The standard InChI is InChI=1S/C86H145N23O24/c1-17-46(14)67(81(129)105-64(43(8)9)77(125)97-51(27-22-34-94-86(91)92)71(119)103-66(45(12)13)80(128)108-68(48(16)111)82(130)106-65(44(10)11)78(126)98-53(84(132)133)29-31-59(87)112)107-75(123)55(37-41(4)5)100-73(121)56(38-49-24-19-18-20-25-49)101-72(120)54(36-40(2)3)99-69(117)50(26-21-33-93-85(89)90)95-70(118)52(30-32-60(113)114)96-74(122)57(39-61(115)116)102-79(127)63(42(6)7)104-76(124)58-28-23-35-109(58)83(131)62(88)47(15)110/h18-20,24-25,40-48,50-58,62-68,110-111H,17,21-23,26-39,88H2,1-16H3,(H2,87,112)(H,95,118)(H,96,122)(H,97,125)(H,98,126)(H,99,117)(H,100,121)(H,101,120)(H,102,127)(H,103,119)(H,104,124)(H,105,129)(H,106,130)(H,107,123)(H,108,128)(H,113,114)(H,115,116)(H,132,133)(H4,89,90,93)(H4,91,92,94)/t46-,47+,48+,50-,51-,52-,53-,54-,55-,56-,57-,58-,62-,63-,64-,65-,66-,67-,68-/m0/s1. The van der Waals surface area contributed by atoms with Gasteiger partial charge >= 0.3 is 17.9 Å². The molecular formula is C86H145N23O24. The molecule has 19 atom stereocenters. The molecular weight excluding hydrogens is 1740 g/mol. The number of rotatable bonds is 60. The van der Waals surface area contributed by atoms with Gasteiger partial charge < -0.3 is 138 Å². The third-order valence-corrected chi connectivity index (χ3v) is 21.9. The van der Waals surface area contributed by atoms with Crippen molar-refractivity contribution in [1.29, 1.82) is 10.8 Å². The summed E-state index contributed by atoms with van der Waals surface area (Å²) in [5.74, 6) is -25.7. The van der Waals surface area contributed by atoms with Gasteiger partial charge in [-0.1, -0.05) is 134 Å². The molecule has 47 nitrogen and oxygen atoms in total. The molecule has 1 fully saturated rings. The number of primary amides is 1. The van der Waals surface area contributed by atoms with Crippen LogP contribution in [0.3, 0.4) is 0 Å². The Hall–Kier alpha value is -12.4. The lowest BCUT2D eigenvalue weighted by molar-refractivity contribution is -0.143. The fraction of sp³-hybridized carbons (Fsp3) is 0.686. The number of aliphatic hydroxyl groups is 2. The first-order valence-electron chi connectivity index (χ1n) is 44.9. The van der Waals surface area contributed by atoms with Crippen molar-refractivity contribution in [3.8, 4) is 0 Å². The second-order valence-corrected chi connectivity index (χ2v) is 35.8. The molecule has 2 rings (SSSR count). The number of benzene rings is 1. The quantitative estimate of drug-likeness (QED) is 0.0165. The zero-order valence-corrected chi connectivity index (χ0v) is 78.8. The summed E-state index contributed by atoms with van der Waals surface area (Å²) in [6.45, 7) is 25.0. The van der Waals surface area contributed by atoms with Gasteiger partial charge in [0.05, 0.1) is 18.6 Å². The van der Waals surface area contributed by atoms with Gasteiger partial charge in [-0.05, 0) is 125 Å². The average Bonchev–Trinajstić information content (AvgIpc) is 1.66. The number of carboxylic acid groups (broad SMARTS) is 3. The van der Waals surface area contributed by atoms with Crippen molar-refractivity contribution in [1.82, 2.24) is 90.0 Å². The van der Waals surface area contributed by atoms with Crippen LogP contribution in [0, 0.1) is 52.2 Å². The molecule has 1 aromatic carbocycles. The molecule has 1 saturated heterocycles. The molecule has 0 bridgehead atoms. The van der Waals surface area contributed by atoms with E-state index in [1.165, 1.54) is 48.5 Å². The lowest BCUT2D eigenvalue weighted by Gasteiger charge is -2.31. The molecule has 1 aromatic rings. The molecule has 0 saturated carbocycles. The molecule has 0 unspecified atom stereocenters. The van der Waals surface area contributed by atoms with Gasteiger partial charge in [0.1, 0.15) is 96.7 Å². The summed E-state index contributed by atoms with van der Waals surface area (Å²) < 4.78 is 0. The van der Waals surface area contributed by atoms with Crippen molar-refractivity contribution in [2.45, 2.75) is 316 Å². The van der Waals surface area contributed by atoms with E-state index in [4.69, 9.17) is 33.8 Å². The second kappa shape index (κ2) is 57.8. The lowest BCUT2D eigenvalue weighted by Crippen LogP contribution is -2.63. The predicted molar refractivity (Wildman–Crippen MR) is 484 cm³/mol. The van der Waals surface area contributed by atoms with E-state index in [1.807, 2.05) is 0 Å². The van der Waals surface area contributed by atoms with E-state index >= 15 is 9.59 Å². The number of likely N-dealkylation sites (tertiary alicyclic amines) is 1. The van der Waals surface area contributed by atoms with Crippen LogP contribution in [0.2, 0.25) is 0 Å². The van der Waals surface area contributed by atoms with Crippen LogP contribution < -0.4 is 108 Å². The SMILES string of the molecule is CC[C@H](C)[C@H](NC(=O)[C@H](CC(C)C)NC(=O)[C@H](Cc1ccccc1)NC(=O)[C@H](CC(C)C)NC(=O)[C@H](CCCNC(=N)N)NC(=O)[C@H](CCC(=O)O)NC(=O)[C@H](CC(=O)O)NC(=O)[C@@H](NC(=O)[C@@H]1CCCN1C(=O)[C@@H](N)[C@@H](C)O)C(C)C)C(=O)N[C@H](C(=O)N[C@@H](CCCNC(=N)N)C(=O)N[C@H](C(=O)N[C@H](C(=O)N[C@H](C(=O)N[C@@H](CCC(N)=O)C(=O)O)C(C)C)[C@@H](C)O)C(C)C)C(C)C. The Kier molecular flexibility index (Phi) is 50.7. The van der Waals surface area contributed by atoms with Gasteiger partial charge in [-0.15, -0.1) is 0 Å².